The van der Waals surface area contributed by atoms with Crippen molar-refractivity contribution in [3.63, 3.8) is 0 Å². The maximum Gasteiger partial charge on any atom is 0.224 e. The second-order valence-corrected chi connectivity index (χ2v) is 12.4. The first-order valence-corrected chi connectivity index (χ1v) is 16.7. The Balaban J connectivity index is 1.20. The Bertz CT molecular complexity index is 1690. The predicted octanol–water partition coefficient (Wildman–Crippen LogP) is 6.52. The van der Waals surface area contributed by atoms with Crippen molar-refractivity contribution in [2.24, 2.45) is 0 Å². The molecule has 0 aromatic heterocycles. The summed E-state index contributed by atoms with van der Waals surface area (Å²) in [7, 11) is 2.05. The van der Waals surface area contributed by atoms with Crippen LogP contribution < -0.4 is 16.4 Å². The van der Waals surface area contributed by atoms with Crippen molar-refractivity contribution in [1.82, 2.24) is 10.2 Å². The molecule has 1 heterocycles. The van der Waals surface area contributed by atoms with E-state index in [1.807, 2.05) is 78.9 Å². The zero-order valence-electron chi connectivity index (χ0n) is 28.0. The number of aliphatic hydroxyl groups excluding tert-OH is 1. The average molecular weight is 663 g/mol. The molecule has 4 aromatic carbocycles. The molecule has 0 saturated carbocycles. The highest BCUT2D eigenvalue weighted by Gasteiger charge is 2.32. The number of para-hydroxylation sites is 2. The van der Waals surface area contributed by atoms with Gasteiger partial charge in [0.2, 0.25) is 11.8 Å². The Hall–Kier alpha value is -4.80. The molecule has 256 valence electrons. The Labute approximate surface area is 288 Å². The maximum atomic E-state index is 12.7. The summed E-state index contributed by atoms with van der Waals surface area (Å²) in [4.78, 5) is 27.2. The minimum atomic E-state index is -0.547. The third-order valence-electron chi connectivity index (χ3n) is 8.60. The molecule has 1 saturated heterocycles. The summed E-state index contributed by atoms with van der Waals surface area (Å²) in [6.45, 7) is 5.73. The molecule has 1 aliphatic heterocycles. The van der Waals surface area contributed by atoms with Crippen molar-refractivity contribution < 1.29 is 24.2 Å². The van der Waals surface area contributed by atoms with Gasteiger partial charge in [0.05, 0.1) is 30.2 Å². The van der Waals surface area contributed by atoms with Gasteiger partial charge in [-0.15, -0.1) is 6.58 Å². The number of carbonyl (C=O) groups is 2. The smallest absolute Gasteiger partial charge is 0.224 e. The number of likely N-dealkylation sites (N-methyl/N-ethyl adjacent to an activating group) is 1. The fraction of sp³-hybridized carbons (Fsp3) is 0.300. The lowest BCUT2D eigenvalue weighted by molar-refractivity contribution is -0.252. The second kappa shape index (κ2) is 17.6. The molecule has 2 amide bonds. The van der Waals surface area contributed by atoms with E-state index >= 15 is 0 Å². The number of rotatable bonds is 15. The van der Waals surface area contributed by atoms with Gasteiger partial charge in [0.1, 0.15) is 0 Å². The zero-order chi connectivity index (χ0) is 34.6. The van der Waals surface area contributed by atoms with Gasteiger partial charge in [-0.1, -0.05) is 91.0 Å². The van der Waals surface area contributed by atoms with Gasteiger partial charge in [0.25, 0.3) is 0 Å². The van der Waals surface area contributed by atoms with E-state index in [9.17, 15) is 14.7 Å². The van der Waals surface area contributed by atoms with Crippen molar-refractivity contribution in [2.45, 2.75) is 57.3 Å². The zero-order valence-corrected chi connectivity index (χ0v) is 28.0. The molecular weight excluding hydrogens is 616 g/mol. The Kier molecular flexibility index (Phi) is 12.7. The van der Waals surface area contributed by atoms with Crippen molar-refractivity contribution in [3.8, 4) is 11.1 Å². The monoisotopic (exact) mass is 662 g/mol. The highest BCUT2D eigenvalue weighted by Crippen LogP contribution is 2.38. The number of benzene rings is 4. The van der Waals surface area contributed by atoms with Crippen LogP contribution in [0.5, 0.6) is 0 Å². The van der Waals surface area contributed by atoms with Crippen molar-refractivity contribution in [3.05, 3.63) is 132 Å². The fourth-order valence-electron chi connectivity index (χ4n) is 5.97. The molecule has 5 rings (SSSR count). The fourth-order valence-corrected chi connectivity index (χ4v) is 5.97. The molecule has 0 unspecified atom stereocenters. The summed E-state index contributed by atoms with van der Waals surface area (Å²) in [5, 5.41) is 15.3. The summed E-state index contributed by atoms with van der Waals surface area (Å²) in [6, 6.07) is 31.1. The van der Waals surface area contributed by atoms with Gasteiger partial charge < -0.3 is 35.8 Å². The molecule has 0 bridgehead atoms. The minimum Gasteiger partial charge on any atom is -0.397 e. The van der Waals surface area contributed by atoms with E-state index in [2.05, 4.69) is 41.3 Å². The van der Waals surface area contributed by atoms with Crippen LogP contribution in [0.4, 0.5) is 11.4 Å². The number of nitrogen functional groups attached to an aromatic ring is 1. The highest BCUT2D eigenvalue weighted by atomic mass is 16.7. The summed E-state index contributed by atoms with van der Waals surface area (Å²) in [6.07, 6.45) is 2.74. The summed E-state index contributed by atoms with van der Waals surface area (Å²) < 4.78 is 13.0. The Morgan fingerprint density at radius 2 is 1.61 bits per heavy atom. The molecule has 4 aromatic rings. The van der Waals surface area contributed by atoms with Crippen LogP contribution in [0.25, 0.3) is 11.1 Å². The van der Waals surface area contributed by atoms with Crippen LogP contribution in [-0.4, -0.2) is 48.1 Å². The first-order valence-electron chi connectivity index (χ1n) is 16.7. The molecule has 3 atom stereocenters. The van der Waals surface area contributed by atoms with E-state index < -0.39 is 6.29 Å². The standard InChI is InChI=1S/C40H46N4O5/c1-3-23-44(2)26-33-24-37(30-17-15-28(27-45)16-18-30)49-40(48-33)31-21-19-29(20-22-31)34-10-5-4-9-32(34)25-42-38(46)13-8-14-39(47)43-36-12-7-6-11-35(36)41/h3-7,9-12,15-22,33,37,40,45H,1,8,13-14,23-27,41H2,2H3,(H,42,46)(H,43,47)/t33-,37+,40+/m0/s1. The van der Waals surface area contributed by atoms with Crippen molar-refractivity contribution in [2.75, 3.05) is 31.2 Å². The number of nitrogens with two attached hydrogens (primary N) is 1. The molecule has 0 radical (unpaired) electrons. The average Bonchev–Trinajstić information content (AvgIpc) is 3.12. The number of nitrogens with one attached hydrogen (secondary N) is 2. The van der Waals surface area contributed by atoms with Gasteiger partial charge in [0.15, 0.2) is 6.29 Å². The highest BCUT2D eigenvalue weighted by molar-refractivity contribution is 5.94. The van der Waals surface area contributed by atoms with E-state index in [0.717, 1.165) is 46.5 Å². The molecule has 0 aliphatic carbocycles. The van der Waals surface area contributed by atoms with Gasteiger partial charge in [-0.2, -0.15) is 0 Å². The van der Waals surface area contributed by atoms with Gasteiger partial charge in [0, 0.05) is 44.5 Å². The maximum absolute atomic E-state index is 12.7. The Morgan fingerprint density at radius 1 is 0.918 bits per heavy atom. The van der Waals surface area contributed by atoms with E-state index in [-0.39, 0.29) is 43.5 Å². The lowest BCUT2D eigenvalue weighted by Crippen LogP contribution is -2.37. The Morgan fingerprint density at radius 3 is 2.35 bits per heavy atom. The van der Waals surface area contributed by atoms with Gasteiger partial charge in [-0.3, -0.25) is 9.59 Å². The third-order valence-corrected chi connectivity index (χ3v) is 8.60. The van der Waals surface area contributed by atoms with Crippen LogP contribution in [0.3, 0.4) is 0 Å². The number of hydrogen-bond donors (Lipinski definition) is 4. The number of anilines is 2. The van der Waals surface area contributed by atoms with Crippen molar-refractivity contribution >= 4 is 23.2 Å². The van der Waals surface area contributed by atoms with Crippen LogP contribution in [0, 0.1) is 0 Å². The van der Waals surface area contributed by atoms with Crippen LogP contribution in [0.15, 0.2) is 110 Å². The summed E-state index contributed by atoms with van der Waals surface area (Å²) in [5.74, 6) is -0.288. The summed E-state index contributed by atoms with van der Waals surface area (Å²) >= 11 is 0. The largest absolute Gasteiger partial charge is 0.397 e. The normalized spacial score (nSPS) is 17.4. The van der Waals surface area contributed by atoms with Crippen LogP contribution in [0.2, 0.25) is 0 Å². The summed E-state index contributed by atoms with van der Waals surface area (Å²) in [5.41, 5.74) is 12.8. The number of nitrogens with zero attached hydrogens (tertiary/aromatic N) is 1. The molecule has 9 heteroatoms. The quantitative estimate of drug-likeness (QED) is 0.0844. The van der Waals surface area contributed by atoms with E-state index in [1.165, 1.54) is 0 Å². The van der Waals surface area contributed by atoms with Crippen molar-refractivity contribution in [1.29, 1.82) is 0 Å². The minimum absolute atomic E-state index is 0.000563. The van der Waals surface area contributed by atoms with Crippen LogP contribution in [-0.2, 0) is 32.2 Å². The van der Waals surface area contributed by atoms with E-state index in [1.54, 1.807) is 12.1 Å². The SMILES string of the molecule is C=CCN(C)C[C@@H]1C[C@H](c2ccc(CO)cc2)O[C@H](c2ccc(-c3ccccc3CNC(=O)CCCC(=O)Nc3ccccc3N)cc2)O1. The van der Waals surface area contributed by atoms with E-state index in [0.29, 0.717) is 30.8 Å². The number of carbonyl (C=O) groups excluding carboxylic acids is 2. The second-order valence-electron chi connectivity index (χ2n) is 12.4. The number of amides is 2. The van der Waals surface area contributed by atoms with E-state index in [4.69, 9.17) is 15.2 Å². The van der Waals surface area contributed by atoms with Gasteiger partial charge in [-0.05, 0) is 53.4 Å². The molecule has 1 aliphatic rings. The molecule has 49 heavy (non-hydrogen) atoms. The molecular formula is C40H46N4O5. The predicted molar refractivity (Wildman–Crippen MR) is 193 cm³/mol. The third kappa shape index (κ3) is 10.1. The molecule has 1 fully saturated rings. The number of ether oxygens (including phenoxy) is 2. The molecule has 0 spiro atoms. The first kappa shape index (κ1) is 35.5. The lowest BCUT2D eigenvalue weighted by Gasteiger charge is -2.37. The number of aliphatic hydroxyl groups is 1. The topological polar surface area (TPSA) is 126 Å². The van der Waals surface area contributed by atoms with Gasteiger partial charge >= 0.3 is 0 Å². The molecule has 5 N–H and O–H groups in total. The first-order chi connectivity index (χ1) is 23.8. The van der Waals surface area contributed by atoms with Crippen LogP contribution >= 0.6 is 0 Å². The van der Waals surface area contributed by atoms with Gasteiger partial charge in [-0.25, -0.2) is 0 Å². The number of hydrogen-bond acceptors (Lipinski definition) is 7. The van der Waals surface area contributed by atoms with Crippen LogP contribution in [0.1, 0.15) is 60.3 Å². The molecule has 9 nitrogen and oxygen atoms in total. The lowest BCUT2D eigenvalue weighted by atomic mass is 9.97.